The lowest BCUT2D eigenvalue weighted by molar-refractivity contribution is 0.285. The van der Waals surface area contributed by atoms with Crippen LogP contribution in [0.4, 0.5) is 13.2 Å². The van der Waals surface area contributed by atoms with E-state index in [2.05, 4.69) is 0 Å². The van der Waals surface area contributed by atoms with Gasteiger partial charge in [0.1, 0.15) is 12.4 Å². The van der Waals surface area contributed by atoms with Crippen molar-refractivity contribution in [2.75, 3.05) is 0 Å². The van der Waals surface area contributed by atoms with E-state index in [1.54, 1.807) is 0 Å². The van der Waals surface area contributed by atoms with E-state index in [1.807, 2.05) is 30.3 Å². The van der Waals surface area contributed by atoms with E-state index in [1.165, 1.54) is 30.3 Å². The molecule has 0 unspecified atom stereocenters. The minimum atomic E-state index is -1.08. The number of hydrogen-bond donors (Lipinski definition) is 0. The van der Waals surface area contributed by atoms with Crippen LogP contribution in [0.2, 0.25) is 0 Å². The minimum Gasteiger partial charge on any atom is -0.486 e. The predicted molar refractivity (Wildman–Crippen MR) is 82.5 cm³/mol. The van der Waals surface area contributed by atoms with Crippen molar-refractivity contribution < 1.29 is 17.9 Å². The highest BCUT2D eigenvalue weighted by Gasteiger charge is 2.16. The second-order valence-corrected chi connectivity index (χ2v) is 5.02. The Kier molecular flexibility index (Phi) is 4.33. The fourth-order valence-electron chi connectivity index (χ4n) is 2.26. The molecule has 3 aromatic rings. The summed E-state index contributed by atoms with van der Waals surface area (Å²) in [4.78, 5) is 0. The zero-order valence-electron chi connectivity index (χ0n) is 12.1. The van der Waals surface area contributed by atoms with Gasteiger partial charge in [0.2, 0.25) is 5.82 Å². The van der Waals surface area contributed by atoms with Gasteiger partial charge in [-0.3, -0.25) is 0 Å². The molecule has 0 radical (unpaired) electrons. The molecule has 0 aliphatic heterocycles. The topological polar surface area (TPSA) is 9.23 Å². The van der Waals surface area contributed by atoms with Crippen LogP contribution in [0.3, 0.4) is 0 Å². The van der Waals surface area contributed by atoms with Gasteiger partial charge in [-0.15, -0.1) is 0 Å². The van der Waals surface area contributed by atoms with Crippen molar-refractivity contribution in [1.82, 2.24) is 0 Å². The van der Waals surface area contributed by atoms with E-state index in [0.717, 1.165) is 11.6 Å². The maximum atomic E-state index is 14.2. The van der Waals surface area contributed by atoms with Gasteiger partial charge in [-0.2, -0.15) is 4.39 Å². The van der Waals surface area contributed by atoms with Gasteiger partial charge in [-0.05, 0) is 35.4 Å². The molecular formula is C19H13F3O. The van der Waals surface area contributed by atoms with Gasteiger partial charge in [0.15, 0.2) is 11.6 Å². The lowest BCUT2D eigenvalue weighted by Gasteiger charge is -2.10. The smallest absolute Gasteiger partial charge is 0.201 e. The summed E-state index contributed by atoms with van der Waals surface area (Å²) in [5, 5.41) is 0. The van der Waals surface area contributed by atoms with Crippen LogP contribution in [0.1, 0.15) is 5.56 Å². The maximum Gasteiger partial charge on any atom is 0.201 e. The second-order valence-electron chi connectivity index (χ2n) is 5.02. The molecule has 4 heteroatoms. The first-order valence-electron chi connectivity index (χ1n) is 7.06. The molecule has 0 fully saturated rings. The maximum absolute atomic E-state index is 14.2. The molecule has 23 heavy (non-hydrogen) atoms. The Morgan fingerprint density at radius 3 is 2.26 bits per heavy atom. The summed E-state index contributed by atoms with van der Waals surface area (Å²) in [5.41, 5.74) is 1.12. The molecule has 0 saturated heterocycles. The molecule has 3 aromatic carbocycles. The van der Waals surface area contributed by atoms with Crippen LogP contribution >= 0.6 is 0 Å². The predicted octanol–water partition coefficient (Wildman–Crippen LogP) is 5.35. The molecule has 0 heterocycles. The zero-order chi connectivity index (χ0) is 16.2. The van der Waals surface area contributed by atoms with Crippen LogP contribution in [0, 0.1) is 17.5 Å². The summed E-state index contributed by atoms with van der Waals surface area (Å²) in [5.74, 6) is -2.82. The van der Waals surface area contributed by atoms with Gasteiger partial charge in [0.25, 0.3) is 0 Å². The Balaban J connectivity index is 1.86. The first-order chi connectivity index (χ1) is 11.1. The van der Waals surface area contributed by atoms with Gasteiger partial charge in [-0.25, -0.2) is 8.78 Å². The van der Waals surface area contributed by atoms with Gasteiger partial charge < -0.3 is 4.74 Å². The average molecular weight is 314 g/mol. The second kappa shape index (κ2) is 6.57. The summed E-state index contributed by atoms with van der Waals surface area (Å²) < 4.78 is 46.9. The van der Waals surface area contributed by atoms with E-state index < -0.39 is 17.5 Å². The molecular weight excluding hydrogens is 301 g/mol. The first-order valence-corrected chi connectivity index (χ1v) is 7.06. The fourth-order valence-corrected chi connectivity index (χ4v) is 2.26. The minimum absolute atomic E-state index is 0.00550. The molecule has 0 atom stereocenters. The van der Waals surface area contributed by atoms with Crippen LogP contribution in [0.25, 0.3) is 11.1 Å². The Bertz CT molecular complexity index is 816. The number of ether oxygens (including phenoxy) is 1. The SMILES string of the molecule is Fc1cccc(-c2ccc(OCc3ccccc3)c(F)c2F)c1. The van der Waals surface area contributed by atoms with Gasteiger partial charge in [0, 0.05) is 5.56 Å². The molecule has 3 rings (SSSR count). The highest BCUT2D eigenvalue weighted by Crippen LogP contribution is 2.30. The molecule has 0 aromatic heterocycles. The Morgan fingerprint density at radius 2 is 1.52 bits per heavy atom. The summed E-state index contributed by atoms with van der Waals surface area (Å²) >= 11 is 0. The molecule has 1 nitrogen and oxygen atoms in total. The van der Waals surface area contributed by atoms with Crippen LogP contribution in [-0.4, -0.2) is 0 Å². The van der Waals surface area contributed by atoms with Gasteiger partial charge >= 0.3 is 0 Å². The van der Waals surface area contributed by atoms with Crippen molar-refractivity contribution in [1.29, 1.82) is 0 Å². The first kappa shape index (κ1) is 15.2. The molecule has 0 N–H and O–H groups in total. The molecule has 116 valence electrons. The lowest BCUT2D eigenvalue weighted by atomic mass is 10.0. The standard InChI is InChI=1S/C19H13F3O/c20-15-8-4-7-14(11-15)16-9-10-17(19(22)18(16)21)23-12-13-5-2-1-3-6-13/h1-11H,12H2. The number of hydrogen-bond acceptors (Lipinski definition) is 1. The molecule has 0 aliphatic rings. The monoisotopic (exact) mass is 314 g/mol. The highest BCUT2D eigenvalue weighted by molar-refractivity contribution is 5.65. The van der Waals surface area contributed by atoms with Crippen LogP contribution in [-0.2, 0) is 6.61 Å². The summed E-state index contributed by atoms with van der Waals surface area (Å²) in [6.07, 6.45) is 0. The fraction of sp³-hybridized carbons (Fsp3) is 0.0526. The Morgan fingerprint density at radius 1 is 0.739 bits per heavy atom. The molecule has 0 aliphatic carbocycles. The largest absolute Gasteiger partial charge is 0.486 e. The van der Waals surface area contributed by atoms with E-state index in [0.29, 0.717) is 0 Å². The molecule has 0 saturated carbocycles. The van der Waals surface area contributed by atoms with Crippen molar-refractivity contribution in [3.05, 3.63) is 89.7 Å². The van der Waals surface area contributed by atoms with Gasteiger partial charge in [0.05, 0.1) is 0 Å². The third kappa shape index (κ3) is 3.37. The summed E-state index contributed by atoms with van der Waals surface area (Å²) in [6.45, 7) is 0.135. The third-order valence-corrected chi connectivity index (χ3v) is 3.42. The average Bonchev–Trinajstić information content (AvgIpc) is 2.57. The van der Waals surface area contributed by atoms with E-state index in [-0.39, 0.29) is 23.5 Å². The van der Waals surface area contributed by atoms with Crippen molar-refractivity contribution in [2.45, 2.75) is 6.61 Å². The Hall–Kier alpha value is -2.75. The number of rotatable bonds is 4. The number of halogens is 3. The van der Waals surface area contributed by atoms with Crippen LogP contribution in [0.15, 0.2) is 66.7 Å². The van der Waals surface area contributed by atoms with Crippen molar-refractivity contribution in [2.24, 2.45) is 0 Å². The highest BCUT2D eigenvalue weighted by atomic mass is 19.2. The summed E-state index contributed by atoms with van der Waals surface area (Å²) in [7, 11) is 0. The lowest BCUT2D eigenvalue weighted by Crippen LogP contribution is -2.00. The molecule has 0 amide bonds. The zero-order valence-corrected chi connectivity index (χ0v) is 12.1. The third-order valence-electron chi connectivity index (χ3n) is 3.42. The quantitative estimate of drug-likeness (QED) is 0.631. The van der Waals surface area contributed by atoms with E-state index in [9.17, 15) is 13.2 Å². The van der Waals surface area contributed by atoms with Crippen molar-refractivity contribution >= 4 is 0 Å². The molecule has 0 bridgehead atoms. The van der Waals surface area contributed by atoms with Crippen LogP contribution in [0.5, 0.6) is 5.75 Å². The summed E-state index contributed by atoms with van der Waals surface area (Å²) in [6, 6.07) is 17.3. The van der Waals surface area contributed by atoms with Crippen LogP contribution < -0.4 is 4.74 Å². The van der Waals surface area contributed by atoms with Crippen molar-refractivity contribution in [3.8, 4) is 16.9 Å². The molecule has 0 spiro atoms. The Labute approximate surface area is 132 Å². The number of benzene rings is 3. The van der Waals surface area contributed by atoms with Gasteiger partial charge in [-0.1, -0.05) is 42.5 Å². The normalized spacial score (nSPS) is 10.6. The van der Waals surface area contributed by atoms with Crippen molar-refractivity contribution in [3.63, 3.8) is 0 Å². The van der Waals surface area contributed by atoms with E-state index >= 15 is 0 Å². The van der Waals surface area contributed by atoms with E-state index in [4.69, 9.17) is 4.74 Å².